The van der Waals surface area contributed by atoms with Gasteiger partial charge in [0.1, 0.15) is 5.75 Å². The van der Waals surface area contributed by atoms with Gasteiger partial charge in [-0.3, -0.25) is 4.79 Å². The summed E-state index contributed by atoms with van der Waals surface area (Å²) >= 11 is 0. The zero-order valence-corrected chi connectivity index (χ0v) is 16.5. The molecule has 2 aromatic heterocycles. The number of hydrogen-bond acceptors (Lipinski definition) is 5. The SMILES string of the molecule is COc1ccc2nc3oc(C(=O)NCCN(C)Cc4ccccc4)cc3cc2c1. The number of ether oxygens (including phenoxy) is 1. The minimum Gasteiger partial charge on any atom is -0.497 e. The fourth-order valence-corrected chi connectivity index (χ4v) is 3.27. The summed E-state index contributed by atoms with van der Waals surface area (Å²) in [6.45, 7) is 2.11. The van der Waals surface area contributed by atoms with Crippen molar-refractivity contribution in [3.63, 3.8) is 0 Å². The van der Waals surface area contributed by atoms with Crippen LogP contribution in [0.15, 0.2) is 65.1 Å². The van der Waals surface area contributed by atoms with Gasteiger partial charge in [-0.1, -0.05) is 30.3 Å². The predicted octanol–water partition coefficient (Wildman–Crippen LogP) is 3.85. The van der Waals surface area contributed by atoms with Gasteiger partial charge in [0.2, 0.25) is 5.71 Å². The highest BCUT2D eigenvalue weighted by Gasteiger charge is 2.14. The molecule has 0 atom stereocenters. The van der Waals surface area contributed by atoms with E-state index in [2.05, 4.69) is 27.3 Å². The summed E-state index contributed by atoms with van der Waals surface area (Å²) in [5.74, 6) is 0.790. The number of nitrogens with one attached hydrogen (secondary N) is 1. The number of furan rings is 1. The molecule has 4 rings (SSSR count). The minimum atomic E-state index is -0.238. The third-order valence-electron chi connectivity index (χ3n) is 4.81. The Bertz CT molecular complexity index is 1140. The molecular weight excluding hydrogens is 366 g/mol. The van der Waals surface area contributed by atoms with Gasteiger partial charge < -0.3 is 19.4 Å². The highest BCUT2D eigenvalue weighted by molar-refractivity contribution is 5.98. The molecule has 0 aliphatic heterocycles. The topological polar surface area (TPSA) is 67.6 Å². The van der Waals surface area contributed by atoms with Crippen LogP contribution < -0.4 is 10.1 Å². The van der Waals surface area contributed by atoms with E-state index < -0.39 is 0 Å². The van der Waals surface area contributed by atoms with E-state index in [0.29, 0.717) is 12.3 Å². The average molecular weight is 389 g/mol. The molecule has 6 heteroatoms. The second-order valence-electron chi connectivity index (χ2n) is 7.03. The Morgan fingerprint density at radius 3 is 2.72 bits per heavy atom. The van der Waals surface area contributed by atoms with Gasteiger partial charge in [0, 0.05) is 30.4 Å². The molecular formula is C23H23N3O3. The Morgan fingerprint density at radius 2 is 1.93 bits per heavy atom. The van der Waals surface area contributed by atoms with Crippen LogP contribution in [0.1, 0.15) is 16.1 Å². The third-order valence-corrected chi connectivity index (χ3v) is 4.81. The smallest absolute Gasteiger partial charge is 0.287 e. The first-order valence-corrected chi connectivity index (χ1v) is 9.51. The minimum absolute atomic E-state index is 0.238. The lowest BCUT2D eigenvalue weighted by atomic mass is 10.2. The van der Waals surface area contributed by atoms with E-state index in [1.807, 2.05) is 49.5 Å². The molecule has 2 aromatic carbocycles. The van der Waals surface area contributed by atoms with E-state index in [0.717, 1.165) is 35.1 Å². The van der Waals surface area contributed by atoms with Crippen LogP contribution in [0, 0.1) is 0 Å². The normalized spacial score (nSPS) is 11.3. The van der Waals surface area contributed by atoms with Gasteiger partial charge in [0.15, 0.2) is 5.76 Å². The fourth-order valence-electron chi connectivity index (χ4n) is 3.27. The zero-order valence-electron chi connectivity index (χ0n) is 16.5. The number of carbonyl (C=O) groups is 1. The van der Waals surface area contributed by atoms with Crippen molar-refractivity contribution in [1.82, 2.24) is 15.2 Å². The lowest BCUT2D eigenvalue weighted by Crippen LogP contribution is -2.32. The second-order valence-corrected chi connectivity index (χ2v) is 7.03. The van der Waals surface area contributed by atoms with Crippen molar-refractivity contribution >= 4 is 27.9 Å². The van der Waals surface area contributed by atoms with Crippen LogP contribution in [0.3, 0.4) is 0 Å². The molecule has 0 fully saturated rings. The van der Waals surface area contributed by atoms with Crippen LogP contribution >= 0.6 is 0 Å². The number of nitrogens with zero attached hydrogens (tertiary/aromatic N) is 2. The van der Waals surface area contributed by atoms with Gasteiger partial charge in [0.25, 0.3) is 5.91 Å². The molecule has 1 N–H and O–H groups in total. The molecule has 0 saturated heterocycles. The lowest BCUT2D eigenvalue weighted by molar-refractivity contribution is 0.0924. The molecule has 6 nitrogen and oxygen atoms in total. The molecule has 0 radical (unpaired) electrons. The maximum atomic E-state index is 12.5. The highest BCUT2D eigenvalue weighted by Crippen LogP contribution is 2.25. The monoisotopic (exact) mass is 389 g/mol. The van der Waals surface area contributed by atoms with Gasteiger partial charge in [-0.2, -0.15) is 0 Å². The highest BCUT2D eigenvalue weighted by atomic mass is 16.5. The Hall–Kier alpha value is -3.38. The van der Waals surface area contributed by atoms with Crippen molar-refractivity contribution in [1.29, 1.82) is 0 Å². The molecule has 1 amide bonds. The molecule has 0 bridgehead atoms. The Balaban J connectivity index is 1.39. The number of amides is 1. The molecule has 2 heterocycles. The van der Waals surface area contributed by atoms with Gasteiger partial charge in [-0.25, -0.2) is 4.98 Å². The maximum absolute atomic E-state index is 12.5. The number of rotatable bonds is 7. The first-order valence-electron chi connectivity index (χ1n) is 9.51. The summed E-state index contributed by atoms with van der Waals surface area (Å²) in [5.41, 5.74) is 2.49. The van der Waals surface area contributed by atoms with Crippen molar-refractivity contribution in [3.8, 4) is 5.75 Å². The van der Waals surface area contributed by atoms with Gasteiger partial charge >= 0.3 is 0 Å². The van der Waals surface area contributed by atoms with Crippen molar-refractivity contribution in [2.24, 2.45) is 0 Å². The summed E-state index contributed by atoms with van der Waals surface area (Å²) in [6, 6.07) is 19.6. The number of carbonyl (C=O) groups excluding carboxylic acids is 1. The molecule has 4 aromatic rings. The number of likely N-dealkylation sites (N-methyl/N-ethyl adjacent to an activating group) is 1. The van der Waals surface area contributed by atoms with Gasteiger partial charge in [0.05, 0.1) is 12.6 Å². The number of methoxy groups -OCH3 is 1. The van der Waals surface area contributed by atoms with E-state index in [9.17, 15) is 4.79 Å². The molecule has 148 valence electrons. The lowest BCUT2D eigenvalue weighted by Gasteiger charge is -2.16. The van der Waals surface area contributed by atoms with Crippen LogP contribution in [0.25, 0.3) is 22.0 Å². The van der Waals surface area contributed by atoms with E-state index in [1.165, 1.54) is 5.56 Å². The van der Waals surface area contributed by atoms with Crippen LogP contribution in [-0.2, 0) is 6.54 Å². The quantitative estimate of drug-likeness (QED) is 0.520. The Labute approximate surface area is 169 Å². The number of aromatic nitrogens is 1. The summed E-state index contributed by atoms with van der Waals surface area (Å²) < 4.78 is 10.9. The third kappa shape index (κ3) is 4.38. The van der Waals surface area contributed by atoms with Crippen LogP contribution in [0.2, 0.25) is 0 Å². The average Bonchev–Trinajstić information content (AvgIpc) is 3.15. The Kier molecular flexibility index (Phi) is 5.44. The number of benzene rings is 2. The summed E-state index contributed by atoms with van der Waals surface area (Å²) in [7, 11) is 3.66. The van der Waals surface area contributed by atoms with E-state index in [-0.39, 0.29) is 11.7 Å². The van der Waals surface area contributed by atoms with E-state index >= 15 is 0 Å². The predicted molar refractivity (Wildman–Crippen MR) is 113 cm³/mol. The fraction of sp³-hybridized carbons (Fsp3) is 0.217. The molecule has 0 aliphatic carbocycles. The first kappa shape index (κ1) is 19.0. The maximum Gasteiger partial charge on any atom is 0.287 e. The van der Waals surface area contributed by atoms with Crippen LogP contribution in [0.4, 0.5) is 0 Å². The molecule has 0 spiro atoms. The van der Waals surface area contributed by atoms with E-state index in [1.54, 1.807) is 13.2 Å². The van der Waals surface area contributed by atoms with Crippen molar-refractivity contribution < 1.29 is 13.9 Å². The molecule has 0 saturated carbocycles. The van der Waals surface area contributed by atoms with E-state index in [4.69, 9.17) is 9.15 Å². The molecule has 29 heavy (non-hydrogen) atoms. The Morgan fingerprint density at radius 1 is 1.10 bits per heavy atom. The van der Waals surface area contributed by atoms with Crippen LogP contribution in [0.5, 0.6) is 5.75 Å². The molecule has 0 unspecified atom stereocenters. The van der Waals surface area contributed by atoms with Gasteiger partial charge in [-0.15, -0.1) is 0 Å². The van der Waals surface area contributed by atoms with Crippen LogP contribution in [-0.4, -0.2) is 43.0 Å². The van der Waals surface area contributed by atoms with Crippen molar-refractivity contribution in [3.05, 3.63) is 72.0 Å². The number of hydrogen-bond donors (Lipinski definition) is 1. The van der Waals surface area contributed by atoms with Crippen molar-refractivity contribution in [2.75, 3.05) is 27.2 Å². The zero-order chi connectivity index (χ0) is 20.2. The second kappa shape index (κ2) is 8.32. The van der Waals surface area contributed by atoms with Gasteiger partial charge in [-0.05, 0) is 42.9 Å². The standard InChI is InChI=1S/C23H23N3O3/c1-26(15-16-6-4-3-5-7-16)11-10-24-22(27)21-14-18-12-17-13-19(28-2)8-9-20(17)25-23(18)29-21/h3-9,12-14H,10-11,15H2,1-2H3,(H,24,27). The largest absolute Gasteiger partial charge is 0.497 e. The number of fused-ring (bicyclic) bond motifs is 2. The first-order chi connectivity index (χ1) is 14.1. The number of pyridine rings is 1. The molecule has 0 aliphatic rings. The van der Waals surface area contributed by atoms with Crippen molar-refractivity contribution in [2.45, 2.75) is 6.54 Å². The summed E-state index contributed by atoms with van der Waals surface area (Å²) in [6.07, 6.45) is 0. The summed E-state index contributed by atoms with van der Waals surface area (Å²) in [4.78, 5) is 19.1. The summed E-state index contributed by atoms with van der Waals surface area (Å²) in [5, 5.41) is 4.64.